The van der Waals surface area contributed by atoms with E-state index in [0.717, 1.165) is 13.3 Å². The average Bonchev–Trinajstić information content (AvgIpc) is 2.73. The molecule has 1 heterocycles. The number of hydrogen-bond donors (Lipinski definition) is 4. The fourth-order valence-electron chi connectivity index (χ4n) is 2.26. The molecule has 0 aliphatic rings. The summed E-state index contributed by atoms with van der Waals surface area (Å²) in [6, 6.07) is 0. The van der Waals surface area contributed by atoms with Gasteiger partial charge in [0, 0.05) is 11.3 Å². The summed E-state index contributed by atoms with van der Waals surface area (Å²) in [6.45, 7) is 5.75. The number of aliphatic carboxylic acids is 1. The van der Waals surface area contributed by atoms with Crippen molar-refractivity contribution in [1.29, 1.82) is 0 Å². The second-order valence-electron chi connectivity index (χ2n) is 5.55. The molecule has 1 amide bonds. The Morgan fingerprint density at radius 2 is 1.91 bits per heavy atom. The Morgan fingerprint density at radius 1 is 1.32 bits per heavy atom. The van der Waals surface area contributed by atoms with Crippen molar-refractivity contribution in [3.05, 3.63) is 22.5 Å². The van der Waals surface area contributed by atoms with Gasteiger partial charge in [-0.15, -0.1) is 0 Å². The Hall–Kier alpha value is -2.15. The van der Waals surface area contributed by atoms with Crippen LogP contribution in [-0.2, 0) is 11.2 Å². The van der Waals surface area contributed by atoms with Gasteiger partial charge >= 0.3 is 5.97 Å². The molecule has 0 saturated heterocycles. The zero-order valence-corrected chi connectivity index (χ0v) is 13.2. The Balaban J connectivity index is 3.06. The van der Waals surface area contributed by atoms with E-state index in [1.165, 1.54) is 6.92 Å². The minimum atomic E-state index is -2.05. The number of aryl methyl sites for hydroxylation is 1. The van der Waals surface area contributed by atoms with E-state index < -0.39 is 24.0 Å². The summed E-state index contributed by atoms with van der Waals surface area (Å²) < 4.78 is 0. The topological polar surface area (TPSA) is 119 Å². The smallest absolute Gasteiger partial charge is 0.337 e. The summed E-state index contributed by atoms with van der Waals surface area (Å²) in [7, 11) is 0. The van der Waals surface area contributed by atoms with E-state index in [2.05, 4.69) is 10.3 Å². The number of aromatic amines is 1. The highest BCUT2D eigenvalue weighted by Gasteiger charge is 2.31. The Bertz CT molecular complexity index is 601. The molecule has 1 aromatic heterocycles. The van der Waals surface area contributed by atoms with Gasteiger partial charge in [0.2, 0.25) is 0 Å². The molecule has 0 saturated carbocycles. The van der Waals surface area contributed by atoms with Crippen LogP contribution in [0.25, 0.3) is 0 Å². The monoisotopic (exact) mass is 310 g/mol. The lowest BCUT2D eigenvalue weighted by Gasteiger charge is -2.18. The normalized spacial score (nSPS) is 13.5. The fourth-order valence-corrected chi connectivity index (χ4v) is 2.26. The van der Waals surface area contributed by atoms with Crippen LogP contribution >= 0.6 is 0 Å². The van der Waals surface area contributed by atoms with E-state index in [0.29, 0.717) is 23.2 Å². The van der Waals surface area contributed by atoms with Crippen LogP contribution in [0.4, 0.5) is 0 Å². The minimum Gasteiger partial charge on any atom is -0.479 e. The molecule has 1 aromatic rings. The van der Waals surface area contributed by atoms with Gasteiger partial charge in [-0.2, -0.15) is 0 Å². The number of aromatic nitrogens is 1. The quantitative estimate of drug-likeness (QED) is 0.561. The molecule has 22 heavy (non-hydrogen) atoms. The number of carbonyl (C=O) groups excluding carboxylic acids is 2. The molecule has 1 unspecified atom stereocenters. The highest BCUT2D eigenvalue weighted by atomic mass is 16.4. The molecule has 4 N–H and O–H groups in total. The van der Waals surface area contributed by atoms with Crippen molar-refractivity contribution in [1.82, 2.24) is 10.3 Å². The van der Waals surface area contributed by atoms with Crippen molar-refractivity contribution < 1.29 is 24.6 Å². The SMILES string of the molecule is CCCc1c(C(=O)NCC(C)(O)C(=O)O)[nH]c(C)c1C(C)=O. The van der Waals surface area contributed by atoms with Gasteiger partial charge in [0.1, 0.15) is 5.69 Å². The molecule has 0 aromatic carbocycles. The van der Waals surface area contributed by atoms with Gasteiger partial charge in [0.25, 0.3) is 5.91 Å². The second-order valence-corrected chi connectivity index (χ2v) is 5.55. The average molecular weight is 310 g/mol. The lowest BCUT2D eigenvalue weighted by atomic mass is 10.0. The summed E-state index contributed by atoms with van der Waals surface area (Å²) in [5.41, 5.74) is -0.0835. The maximum atomic E-state index is 12.2. The van der Waals surface area contributed by atoms with Gasteiger partial charge in [-0.25, -0.2) is 4.79 Å². The first-order valence-electron chi connectivity index (χ1n) is 7.08. The van der Waals surface area contributed by atoms with Crippen LogP contribution in [0.15, 0.2) is 0 Å². The van der Waals surface area contributed by atoms with Crippen molar-refractivity contribution in [2.75, 3.05) is 6.54 Å². The standard InChI is InChI=1S/C15H22N2O5/c1-5-6-10-11(9(3)18)8(2)17-12(10)13(19)16-7-15(4,22)14(20)21/h17,22H,5-7H2,1-4H3,(H,16,19)(H,20,21). The van der Waals surface area contributed by atoms with Crippen LogP contribution < -0.4 is 5.32 Å². The lowest BCUT2D eigenvalue weighted by molar-refractivity contribution is -0.155. The van der Waals surface area contributed by atoms with Crippen LogP contribution in [0.3, 0.4) is 0 Å². The van der Waals surface area contributed by atoms with Gasteiger partial charge in [0.05, 0.1) is 6.54 Å². The van der Waals surface area contributed by atoms with Gasteiger partial charge < -0.3 is 20.5 Å². The van der Waals surface area contributed by atoms with E-state index in [1.54, 1.807) is 6.92 Å². The molecule has 7 heteroatoms. The van der Waals surface area contributed by atoms with E-state index in [1.807, 2.05) is 6.92 Å². The molecule has 1 atom stereocenters. The fraction of sp³-hybridized carbons (Fsp3) is 0.533. The van der Waals surface area contributed by atoms with E-state index in [-0.39, 0.29) is 11.5 Å². The van der Waals surface area contributed by atoms with E-state index in [4.69, 9.17) is 5.11 Å². The number of ketones is 1. The number of carboxylic acids is 1. The van der Waals surface area contributed by atoms with Crippen LogP contribution in [0, 0.1) is 6.92 Å². The Labute approximate surface area is 128 Å². The maximum absolute atomic E-state index is 12.2. The third kappa shape index (κ3) is 3.73. The van der Waals surface area contributed by atoms with Gasteiger partial charge in [-0.1, -0.05) is 13.3 Å². The van der Waals surface area contributed by atoms with Gasteiger partial charge in [-0.3, -0.25) is 9.59 Å². The van der Waals surface area contributed by atoms with Crippen molar-refractivity contribution in [3.8, 4) is 0 Å². The summed E-state index contributed by atoms with van der Waals surface area (Å²) in [5.74, 6) is -2.09. The number of rotatable bonds is 7. The Kier molecular flexibility index (Phi) is 5.48. The lowest BCUT2D eigenvalue weighted by Crippen LogP contribution is -2.46. The molecule has 7 nitrogen and oxygen atoms in total. The molecule has 0 fully saturated rings. The molecule has 0 aliphatic carbocycles. The summed E-state index contributed by atoms with van der Waals surface area (Å²) in [4.78, 5) is 37.7. The molecular formula is C15H22N2O5. The number of carboxylic acid groups (broad SMARTS) is 1. The van der Waals surface area contributed by atoms with Gasteiger partial charge in [-0.05, 0) is 32.8 Å². The zero-order chi connectivity index (χ0) is 17.1. The number of H-pyrrole nitrogens is 1. The number of aliphatic hydroxyl groups is 1. The predicted octanol–water partition coefficient (Wildman–Crippen LogP) is 1.04. The first-order valence-corrected chi connectivity index (χ1v) is 7.08. The third-order valence-corrected chi connectivity index (χ3v) is 3.42. The number of amides is 1. The molecule has 0 aliphatic heterocycles. The zero-order valence-electron chi connectivity index (χ0n) is 13.2. The van der Waals surface area contributed by atoms with Crippen LogP contribution in [0.1, 0.15) is 59.3 Å². The van der Waals surface area contributed by atoms with Crippen molar-refractivity contribution in [2.45, 2.75) is 46.1 Å². The first kappa shape index (κ1) is 17.9. The van der Waals surface area contributed by atoms with Crippen LogP contribution in [0.5, 0.6) is 0 Å². The number of Topliss-reactive ketones (excluding diaryl/α,β-unsaturated/α-hetero) is 1. The van der Waals surface area contributed by atoms with Crippen LogP contribution in [-0.4, -0.2) is 45.0 Å². The highest BCUT2D eigenvalue weighted by Crippen LogP contribution is 2.21. The molecule has 0 radical (unpaired) electrons. The predicted molar refractivity (Wildman–Crippen MR) is 80.1 cm³/mol. The van der Waals surface area contributed by atoms with Crippen molar-refractivity contribution in [2.24, 2.45) is 0 Å². The first-order chi connectivity index (χ1) is 10.1. The summed E-state index contributed by atoms with van der Waals surface area (Å²) >= 11 is 0. The minimum absolute atomic E-state index is 0.131. The van der Waals surface area contributed by atoms with Gasteiger partial charge in [0.15, 0.2) is 11.4 Å². The summed E-state index contributed by atoms with van der Waals surface area (Å²) in [6.07, 6.45) is 1.31. The van der Waals surface area contributed by atoms with Crippen molar-refractivity contribution in [3.63, 3.8) is 0 Å². The number of hydrogen-bond acceptors (Lipinski definition) is 4. The maximum Gasteiger partial charge on any atom is 0.337 e. The van der Waals surface area contributed by atoms with Crippen molar-refractivity contribution >= 4 is 17.7 Å². The van der Waals surface area contributed by atoms with E-state index >= 15 is 0 Å². The summed E-state index contributed by atoms with van der Waals surface area (Å²) in [5, 5.41) is 20.8. The molecule has 122 valence electrons. The second kappa shape index (κ2) is 6.74. The third-order valence-electron chi connectivity index (χ3n) is 3.42. The molecule has 0 bridgehead atoms. The van der Waals surface area contributed by atoms with Crippen LogP contribution in [0.2, 0.25) is 0 Å². The number of nitrogens with one attached hydrogen (secondary N) is 2. The largest absolute Gasteiger partial charge is 0.479 e. The molecule has 1 rings (SSSR count). The van der Waals surface area contributed by atoms with E-state index in [9.17, 15) is 19.5 Å². The molecule has 0 spiro atoms. The Morgan fingerprint density at radius 3 is 2.36 bits per heavy atom. The number of carbonyl (C=O) groups is 3. The molecular weight excluding hydrogens is 288 g/mol. The highest BCUT2D eigenvalue weighted by molar-refractivity contribution is 6.02.